The predicted octanol–water partition coefficient (Wildman–Crippen LogP) is 1.22. The van der Waals surface area contributed by atoms with Crippen LogP contribution in [0.1, 0.15) is 25.0 Å². The van der Waals surface area contributed by atoms with Crippen molar-refractivity contribution >= 4 is 24.1 Å². The third-order valence-electron chi connectivity index (χ3n) is 4.17. The monoisotopic (exact) mass is 325 g/mol. The smallest absolute Gasteiger partial charge is 0.238 e. The summed E-state index contributed by atoms with van der Waals surface area (Å²) in [6.45, 7) is 1.47. The Morgan fingerprint density at radius 2 is 2.29 bits per heavy atom. The first-order chi connectivity index (χ1) is 11.8. The second-order valence-electron chi connectivity index (χ2n) is 6.00. The molecule has 0 amide bonds. The Hall–Kier alpha value is -2.67. The molecule has 124 valence electrons. The number of benzene rings is 1. The van der Waals surface area contributed by atoms with Crippen molar-refractivity contribution < 1.29 is 9.84 Å². The molecule has 1 fully saturated rings. The van der Waals surface area contributed by atoms with Gasteiger partial charge in [-0.1, -0.05) is 6.07 Å². The number of nitrogens with one attached hydrogen (secondary N) is 2. The number of anilines is 1. The highest BCUT2D eigenvalue weighted by atomic mass is 16.5. The molecule has 2 aliphatic heterocycles. The van der Waals surface area contributed by atoms with E-state index in [-0.39, 0.29) is 11.9 Å². The molecule has 1 saturated heterocycles. The quantitative estimate of drug-likeness (QED) is 0.791. The van der Waals surface area contributed by atoms with E-state index >= 15 is 0 Å². The number of aliphatic imine (C=N–C) groups is 1. The van der Waals surface area contributed by atoms with E-state index in [2.05, 4.69) is 25.3 Å². The Kier molecular flexibility index (Phi) is 4.00. The molecule has 0 bridgehead atoms. The second kappa shape index (κ2) is 6.45. The zero-order valence-electron chi connectivity index (χ0n) is 13.2. The molecule has 3 N–H and O–H groups in total. The maximum absolute atomic E-state index is 10.1. The Morgan fingerprint density at radius 3 is 3.25 bits per heavy atom. The maximum atomic E-state index is 10.1. The van der Waals surface area contributed by atoms with Crippen molar-refractivity contribution in [2.45, 2.75) is 25.3 Å². The number of hydrogen-bond donors (Lipinski definition) is 3. The highest BCUT2D eigenvalue weighted by Gasteiger charge is 2.15. The fourth-order valence-corrected chi connectivity index (χ4v) is 2.92. The van der Waals surface area contributed by atoms with Crippen LogP contribution in [-0.4, -0.2) is 40.7 Å². The summed E-state index contributed by atoms with van der Waals surface area (Å²) in [5.41, 5.74) is 1.39. The van der Waals surface area contributed by atoms with Gasteiger partial charge in [-0.15, -0.1) is 0 Å². The van der Waals surface area contributed by atoms with Gasteiger partial charge in [-0.2, -0.15) is 4.98 Å². The lowest BCUT2D eigenvalue weighted by Gasteiger charge is -2.14. The molecule has 2 aliphatic rings. The minimum absolute atomic E-state index is 0.0271. The van der Waals surface area contributed by atoms with Gasteiger partial charge in [0.2, 0.25) is 11.8 Å². The molecule has 0 radical (unpaired) electrons. The third-order valence-corrected chi connectivity index (χ3v) is 4.17. The Bertz CT molecular complexity index is 879. The number of aromatic hydroxyl groups is 1. The average Bonchev–Trinajstić information content (AvgIpc) is 3.07. The van der Waals surface area contributed by atoms with Gasteiger partial charge in [0.1, 0.15) is 12.0 Å². The minimum atomic E-state index is -0.0271. The van der Waals surface area contributed by atoms with E-state index in [1.54, 1.807) is 6.34 Å². The molecule has 1 aromatic heterocycles. The average molecular weight is 325 g/mol. The van der Waals surface area contributed by atoms with Gasteiger partial charge in [0.15, 0.2) is 0 Å². The summed E-state index contributed by atoms with van der Waals surface area (Å²) >= 11 is 0. The SMILES string of the molecule is Oc1nc(NC2CCCCOC2)[nH]c1/C=c1\ccc2c(c1)N=CN=2. The molecule has 7 nitrogen and oxygen atoms in total. The van der Waals surface area contributed by atoms with Crippen molar-refractivity contribution in [2.75, 3.05) is 18.5 Å². The Morgan fingerprint density at radius 1 is 1.33 bits per heavy atom. The fraction of sp³-hybridized carbons (Fsp3) is 0.353. The van der Waals surface area contributed by atoms with E-state index in [1.807, 2.05) is 24.3 Å². The molecule has 1 aromatic carbocycles. The van der Waals surface area contributed by atoms with Gasteiger partial charge in [0, 0.05) is 6.61 Å². The molecule has 1 atom stereocenters. The van der Waals surface area contributed by atoms with E-state index in [9.17, 15) is 5.11 Å². The van der Waals surface area contributed by atoms with Crippen LogP contribution in [0.2, 0.25) is 0 Å². The number of rotatable bonds is 3. The van der Waals surface area contributed by atoms with Gasteiger partial charge in [-0.25, -0.2) is 9.98 Å². The fourth-order valence-electron chi connectivity index (χ4n) is 2.92. The predicted molar refractivity (Wildman–Crippen MR) is 91.3 cm³/mol. The molecular weight excluding hydrogens is 306 g/mol. The summed E-state index contributed by atoms with van der Waals surface area (Å²) in [4.78, 5) is 15.6. The van der Waals surface area contributed by atoms with E-state index in [1.165, 1.54) is 0 Å². The van der Waals surface area contributed by atoms with Crippen LogP contribution < -0.4 is 15.9 Å². The van der Waals surface area contributed by atoms with Crippen LogP contribution in [0.5, 0.6) is 5.88 Å². The first kappa shape index (κ1) is 14.9. The van der Waals surface area contributed by atoms with Crippen molar-refractivity contribution in [3.63, 3.8) is 0 Å². The summed E-state index contributed by atoms with van der Waals surface area (Å²) in [6.07, 6.45) is 6.63. The lowest BCUT2D eigenvalue weighted by Crippen LogP contribution is -2.24. The molecular formula is C17H19N5O2. The van der Waals surface area contributed by atoms with Crippen LogP contribution in [0.3, 0.4) is 0 Å². The van der Waals surface area contributed by atoms with Crippen molar-refractivity contribution in [2.24, 2.45) is 9.98 Å². The summed E-state index contributed by atoms with van der Waals surface area (Å²) in [6, 6.07) is 5.98. The molecule has 24 heavy (non-hydrogen) atoms. The Labute approximate surface area is 138 Å². The van der Waals surface area contributed by atoms with Crippen LogP contribution in [0.25, 0.3) is 6.08 Å². The first-order valence-electron chi connectivity index (χ1n) is 8.13. The molecule has 0 saturated carbocycles. The van der Waals surface area contributed by atoms with Crippen molar-refractivity contribution in [1.82, 2.24) is 9.97 Å². The van der Waals surface area contributed by atoms with Gasteiger partial charge >= 0.3 is 0 Å². The summed E-state index contributed by atoms with van der Waals surface area (Å²) in [5.74, 6) is 0.532. The third kappa shape index (κ3) is 3.16. The van der Waals surface area contributed by atoms with Gasteiger partial charge in [-0.3, -0.25) is 0 Å². The van der Waals surface area contributed by atoms with Crippen LogP contribution in [-0.2, 0) is 4.74 Å². The number of aromatic amines is 1. The summed E-state index contributed by atoms with van der Waals surface area (Å²) in [7, 11) is 0. The maximum Gasteiger partial charge on any atom is 0.238 e. The van der Waals surface area contributed by atoms with E-state index in [0.717, 1.165) is 42.1 Å². The first-order valence-corrected chi connectivity index (χ1v) is 8.13. The number of aromatic nitrogens is 2. The van der Waals surface area contributed by atoms with Crippen LogP contribution >= 0.6 is 0 Å². The van der Waals surface area contributed by atoms with Gasteiger partial charge in [0.25, 0.3) is 0 Å². The summed E-state index contributed by atoms with van der Waals surface area (Å²) in [5, 5.41) is 15.2. The van der Waals surface area contributed by atoms with Gasteiger partial charge in [-0.05, 0) is 42.7 Å². The molecule has 2 aromatic rings. The molecule has 0 aliphatic carbocycles. The van der Waals surface area contributed by atoms with E-state index < -0.39 is 0 Å². The number of imidazole rings is 1. The van der Waals surface area contributed by atoms with Crippen molar-refractivity contribution in [1.29, 1.82) is 0 Å². The molecule has 7 heteroatoms. The largest absolute Gasteiger partial charge is 0.492 e. The highest BCUT2D eigenvalue weighted by Crippen LogP contribution is 2.19. The zero-order valence-corrected chi connectivity index (χ0v) is 13.2. The number of H-pyrrole nitrogens is 1. The standard InChI is InChI=1S/C17H19N5O2/c23-16-15(8-11-4-5-13-14(7-11)19-10-18-13)21-17(22-16)20-12-3-1-2-6-24-9-12/h4-5,7-8,10,12,23H,1-3,6,9H2,(H2,20,21,22)/b11-8+. The van der Waals surface area contributed by atoms with Crippen LogP contribution in [0.15, 0.2) is 28.2 Å². The van der Waals surface area contributed by atoms with E-state index in [0.29, 0.717) is 18.2 Å². The Balaban J connectivity index is 1.56. The van der Waals surface area contributed by atoms with Gasteiger partial charge < -0.3 is 20.1 Å². The van der Waals surface area contributed by atoms with Crippen molar-refractivity contribution in [3.8, 4) is 5.88 Å². The lowest BCUT2D eigenvalue weighted by atomic mass is 10.1. The topological polar surface area (TPSA) is 94.9 Å². The van der Waals surface area contributed by atoms with E-state index in [4.69, 9.17) is 4.74 Å². The highest BCUT2D eigenvalue weighted by molar-refractivity contribution is 5.67. The normalized spacial score (nSPS) is 20.5. The molecule has 0 spiro atoms. The molecule has 1 unspecified atom stereocenters. The lowest BCUT2D eigenvalue weighted by molar-refractivity contribution is 0.138. The van der Waals surface area contributed by atoms with Crippen molar-refractivity contribution in [3.05, 3.63) is 34.5 Å². The number of fused-ring (bicyclic) bond motifs is 1. The van der Waals surface area contributed by atoms with Gasteiger partial charge in [0.05, 0.1) is 23.7 Å². The number of nitrogens with zero attached hydrogens (tertiary/aromatic N) is 3. The molecule has 4 rings (SSSR count). The molecule has 3 heterocycles. The summed E-state index contributed by atoms with van der Waals surface area (Å²) < 4.78 is 5.56. The number of hydrogen-bond acceptors (Lipinski definition) is 6. The number of ether oxygens (including phenoxy) is 1. The van der Waals surface area contributed by atoms with Crippen LogP contribution in [0, 0.1) is 0 Å². The van der Waals surface area contributed by atoms with Crippen LogP contribution in [0.4, 0.5) is 11.6 Å². The second-order valence-corrected chi connectivity index (χ2v) is 6.00. The minimum Gasteiger partial charge on any atom is -0.492 e. The zero-order chi connectivity index (χ0) is 16.4.